The molecule has 0 saturated heterocycles. The summed E-state index contributed by atoms with van der Waals surface area (Å²) in [5.74, 6) is 0. The summed E-state index contributed by atoms with van der Waals surface area (Å²) < 4.78 is 1.14. The molecule has 2 aromatic carbocycles. The van der Waals surface area contributed by atoms with Crippen LogP contribution in [0.1, 0.15) is 12.5 Å². The summed E-state index contributed by atoms with van der Waals surface area (Å²) in [6.45, 7) is 2.15. The van der Waals surface area contributed by atoms with Crippen LogP contribution in [-0.2, 0) is 6.42 Å². The second-order valence-corrected chi connectivity index (χ2v) is 5.77. The molecule has 0 aliphatic carbocycles. The zero-order valence-electron chi connectivity index (χ0n) is 10.5. The Morgan fingerprint density at radius 2 is 1.95 bits per heavy atom. The highest BCUT2D eigenvalue weighted by molar-refractivity contribution is 7.22. The maximum absolute atomic E-state index is 5.97. The lowest BCUT2D eigenvalue weighted by Crippen LogP contribution is -1.89. The predicted molar refractivity (Wildman–Crippen MR) is 83.7 cm³/mol. The van der Waals surface area contributed by atoms with E-state index in [9.17, 15) is 0 Å². The summed E-state index contributed by atoms with van der Waals surface area (Å²) in [5, 5.41) is 4.94. The van der Waals surface area contributed by atoms with E-state index in [1.54, 1.807) is 11.3 Å². The molecule has 0 amide bonds. The van der Waals surface area contributed by atoms with Crippen molar-refractivity contribution < 1.29 is 0 Å². The van der Waals surface area contributed by atoms with Gasteiger partial charge in [-0.05, 0) is 42.3 Å². The molecule has 3 rings (SSSR count). The largest absolute Gasteiger partial charge is 0.332 e. The van der Waals surface area contributed by atoms with Gasteiger partial charge in [-0.15, -0.1) is 0 Å². The average molecular weight is 289 g/mol. The Kier molecular flexibility index (Phi) is 3.40. The quantitative estimate of drug-likeness (QED) is 0.711. The first kappa shape index (κ1) is 12.5. The molecule has 4 heteroatoms. The highest BCUT2D eigenvalue weighted by Gasteiger charge is 2.04. The molecule has 0 saturated carbocycles. The Hall–Kier alpha value is -1.58. The Morgan fingerprint density at radius 1 is 1.16 bits per heavy atom. The molecule has 0 atom stereocenters. The SMILES string of the molecule is CCc1ccc(Nc2nc3cc(Cl)ccc3s2)cc1. The van der Waals surface area contributed by atoms with Crippen molar-refractivity contribution in [3.05, 3.63) is 53.1 Å². The number of aromatic nitrogens is 1. The molecule has 0 unspecified atom stereocenters. The zero-order chi connectivity index (χ0) is 13.2. The summed E-state index contributed by atoms with van der Waals surface area (Å²) in [6, 6.07) is 14.2. The molecule has 1 N–H and O–H groups in total. The van der Waals surface area contributed by atoms with Crippen molar-refractivity contribution in [2.24, 2.45) is 0 Å². The first-order valence-electron chi connectivity index (χ1n) is 6.16. The highest BCUT2D eigenvalue weighted by Crippen LogP contribution is 2.29. The predicted octanol–water partition coefficient (Wildman–Crippen LogP) is 5.26. The van der Waals surface area contributed by atoms with Crippen molar-refractivity contribution in [3.63, 3.8) is 0 Å². The third kappa shape index (κ3) is 2.72. The van der Waals surface area contributed by atoms with E-state index in [0.29, 0.717) is 0 Å². The fourth-order valence-corrected chi connectivity index (χ4v) is 2.93. The molecule has 0 aliphatic heterocycles. The Balaban J connectivity index is 1.87. The van der Waals surface area contributed by atoms with Gasteiger partial charge in [0.2, 0.25) is 0 Å². The molecule has 0 aliphatic rings. The standard InChI is InChI=1S/C15H13ClN2S/c1-2-10-3-6-12(7-4-10)17-15-18-13-9-11(16)5-8-14(13)19-15/h3-9H,2H2,1H3,(H,17,18). The molecule has 0 spiro atoms. The lowest BCUT2D eigenvalue weighted by molar-refractivity contribution is 1.14. The second-order valence-electron chi connectivity index (χ2n) is 4.31. The number of hydrogen-bond donors (Lipinski definition) is 1. The number of benzene rings is 2. The number of nitrogens with zero attached hydrogens (tertiary/aromatic N) is 1. The van der Waals surface area contributed by atoms with E-state index < -0.39 is 0 Å². The average Bonchev–Trinajstić information content (AvgIpc) is 2.81. The maximum Gasteiger partial charge on any atom is 0.188 e. The summed E-state index contributed by atoms with van der Waals surface area (Å²) in [4.78, 5) is 4.53. The minimum atomic E-state index is 0.719. The lowest BCUT2D eigenvalue weighted by atomic mass is 10.1. The van der Waals surface area contributed by atoms with E-state index >= 15 is 0 Å². The number of nitrogens with one attached hydrogen (secondary N) is 1. The van der Waals surface area contributed by atoms with Gasteiger partial charge in [-0.25, -0.2) is 4.98 Å². The summed E-state index contributed by atoms with van der Waals surface area (Å²) in [5.41, 5.74) is 3.33. The van der Waals surface area contributed by atoms with E-state index in [1.165, 1.54) is 5.56 Å². The third-order valence-corrected chi connectivity index (χ3v) is 4.15. The number of fused-ring (bicyclic) bond motifs is 1. The van der Waals surface area contributed by atoms with Crippen molar-refractivity contribution in [2.75, 3.05) is 5.32 Å². The summed E-state index contributed by atoms with van der Waals surface area (Å²) >= 11 is 7.60. The molecule has 3 aromatic rings. The van der Waals surface area contributed by atoms with Gasteiger partial charge < -0.3 is 5.32 Å². The van der Waals surface area contributed by atoms with Crippen LogP contribution >= 0.6 is 22.9 Å². The van der Waals surface area contributed by atoms with Gasteiger partial charge in [-0.1, -0.05) is 42.0 Å². The van der Waals surface area contributed by atoms with Gasteiger partial charge in [0, 0.05) is 10.7 Å². The first-order valence-corrected chi connectivity index (χ1v) is 7.36. The fraction of sp³-hybridized carbons (Fsp3) is 0.133. The van der Waals surface area contributed by atoms with Gasteiger partial charge in [0.1, 0.15) is 0 Å². The monoisotopic (exact) mass is 288 g/mol. The lowest BCUT2D eigenvalue weighted by Gasteiger charge is -2.03. The number of halogens is 1. The van der Waals surface area contributed by atoms with E-state index in [2.05, 4.69) is 41.5 Å². The molecule has 96 valence electrons. The van der Waals surface area contributed by atoms with Crippen LogP contribution in [0.5, 0.6) is 0 Å². The number of aryl methyl sites for hydroxylation is 1. The smallest absolute Gasteiger partial charge is 0.188 e. The normalized spacial score (nSPS) is 10.8. The van der Waals surface area contributed by atoms with Crippen LogP contribution in [0.4, 0.5) is 10.8 Å². The molecule has 2 nitrogen and oxygen atoms in total. The van der Waals surface area contributed by atoms with E-state index in [4.69, 9.17) is 11.6 Å². The number of anilines is 2. The Bertz CT molecular complexity index is 704. The van der Waals surface area contributed by atoms with Crippen LogP contribution in [-0.4, -0.2) is 4.98 Å². The molecule has 19 heavy (non-hydrogen) atoms. The van der Waals surface area contributed by atoms with Gasteiger partial charge in [0.15, 0.2) is 5.13 Å². The van der Waals surface area contributed by atoms with Crippen molar-refractivity contribution in [1.82, 2.24) is 4.98 Å². The van der Waals surface area contributed by atoms with Crippen LogP contribution < -0.4 is 5.32 Å². The van der Waals surface area contributed by atoms with Crippen LogP contribution in [0.2, 0.25) is 5.02 Å². The fourth-order valence-electron chi connectivity index (χ4n) is 1.90. The van der Waals surface area contributed by atoms with Gasteiger partial charge in [-0.2, -0.15) is 0 Å². The van der Waals surface area contributed by atoms with Gasteiger partial charge in [0.05, 0.1) is 10.2 Å². The zero-order valence-corrected chi connectivity index (χ0v) is 12.1. The van der Waals surface area contributed by atoms with E-state index in [0.717, 1.165) is 32.5 Å². The summed E-state index contributed by atoms with van der Waals surface area (Å²) in [6.07, 6.45) is 1.06. The van der Waals surface area contributed by atoms with Crippen molar-refractivity contribution in [2.45, 2.75) is 13.3 Å². The van der Waals surface area contributed by atoms with Gasteiger partial charge in [0.25, 0.3) is 0 Å². The van der Waals surface area contributed by atoms with Gasteiger partial charge in [-0.3, -0.25) is 0 Å². The maximum atomic E-state index is 5.97. The Morgan fingerprint density at radius 3 is 2.68 bits per heavy atom. The number of thiazole rings is 1. The van der Waals surface area contributed by atoms with Gasteiger partial charge >= 0.3 is 0 Å². The van der Waals surface area contributed by atoms with Crippen molar-refractivity contribution >= 4 is 44.0 Å². The molecule has 1 aromatic heterocycles. The van der Waals surface area contributed by atoms with Crippen molar-refractivity contribution in [3.8, 4) is 0 Å². The first-order chi connectivity index (χ1) is 9.24. The van der Waals surface area contributed by atoms with Crippen LogP contribution in [0.3, 0.4) is 0 Å². The molecule has 1 heterocycles. The van der Waals surface area contributed by atoms with E-state index in [1.807, 2.05) is 18.2 Å². The van der Waals surface area contributed by atoms with Crippen LogP contribution in [0, 0.1) is 0 Å². The van der Waals surface area contributed by atoms with Crippen LogP contribution in [0.25, 0.3) is 10.2 Å². The summed E-state index contributed by atoms with van der Waals surface area (Å²) in [7, 11) is 0. The topological polar surface area (TPSA) is 24.9 Å². The van der Waals surface area contributed by atoms with Crippen molar-refractivity contribution in [1.29, 1.82) is 0 Å². The molecular weight excluding hydrogens is 276 g/mol. The number of rotatable bonds is 3. The number of hydrogen-bond acceptors (Lipinski definition) is 3. The van der Waals surface area contributed by atoms with E-state index in [-0.39, 0.29) is 0 Å². The minimum absolute atomic E-state index is 0.719. The molecular formula is C15H13ClN2S. The minimum Gasteiger partial charge on any atom is -0.332 e. The molecule has 0 fully saturated rings. The van der Waals surface area contributed by atoms with Crippen LogP contribution in [0.15, 0.2) is 42.5 Å². The third-order valence-electron chi connectivity index (χ3n) is 2.96. The highest BCUT2D eigenvalue weighted by atomic mass is 35.5. The second kappa shape index (κ2) is 5.19. The Labute approximate surface area is 121 Å². The molecule has 0 radical (unpaired) electrons. The molecule has 0 bridgehead atoms.